The zero-order valence-electron chi connectivity index (χ0n) is 14.0. The monoisotopic (exact) mass is 359 g/mol. The Hall–Kier alpha value is -2.11. The maximum Gasteiger partial charge on any atom is 0.170 e. The van der Waals surface area contributed by atoms with Gasteiger partial charge in [0.15, 0.2) is 5.58 Å². The van der Waals surface area contributed by atoms with Crippen LogP contribution in [0.5, 0.6) is 0 Å². The number of anilines is 1. The second kappa shape index (κ2) is 6.65. The van der Waals surface area contributed by atoms with E-state index < -0.39 is 0 Å². The lowest BCUT2D eigenvalue weighted by molar-refractivity contribution is 0.243. The SMILES string of the molecule is Cc1ccc(Cl)cc1N1CCN(Cc2noc3cc(F)ccc23)CC1. The predicted octanol–water partition coefficient (Wildman–Crippen LogP) is 4.25. The van der Waals surface area contributed by atoms with E-state index in [9.17, 15) is 4.39 Å². The summed E-state index contributed by atoms with van der Waals surface area (Å²) in [5, 5.41) is 5.77. The first-order valence-electron chi connectivity index (χ1n) is 8.37. The van der Waals surface area contributed by atoms with Crippen LogP contribution in [0.2, 0.25) is 5.02 Å². The first-order chi connectivity index (χ1) is 12.1. The fraction of sp³-hybridized carbons (Fsp3) is 0.316. The summed E-state index contributed by atoms with van der Waals surface area (Å²) < 4.78 is 18.5. The van der Waals surface area contributed by atoms with Gasteiger partial charge in [-0.2, -0.15) is 0 Å². The molecule has 0 bridgehead atoms. The van der Waals surface area contributed by atoms with Crippen molar-refractivity contribution in [1.29, 1.82) is 0 Å². The lowest BCUT2D eigenvalue weighted by atomic mass is 10.1. The molecule has 3 aromatic rings. The number of benzene rings is 2. The van der Waals surface area contributed by atoms with Crippen molar-refractivity contribution in [2.45, 2.75) is 13.5 Å². The normalized spacial score (nSPS) is 15.9. The summed E-state index contributed by atoms with van der Waals surface area (Å²) in [7, 11) is 0. The molecule has 1 aromatic heterocycles. The van der Waals surface area contributed by atoms with E-state index >= 15 is 0 Å². The standard InChI is InChI=1S/C19H19ClFN3O/c1-13-2-3-14(20)10-18(13)24-8-6-23(7-9-24)12-17-16-5-4-15(21)11-19(16)25-22-17/h2-5,10-11H,6-9,12H2,1H3. The van der Waals surface area contributed by atoms with Crippen molar-refractivity contribution in [3.63, 3.8) is 0 Å². The molecule has 130 valence electrons. The van der Waals surface area contributed by atoms with Crippen molar-refractivity contribution in [3.8, 4) is 0 Å². The van der Waals surface area contributed by atoms with Gasteiger partial charge in [0.1, 0.15) is 11.5 Å². The Morgan fingerprint density at radius 3 is 2.72 bits per heavy atom. The van der Waals surface area contributed by atoms with Gasteiger partial charge in [0, 0.05) is 54.9 Å². The third kappa shape index (κ3) is 3.34. The molecule has 25 heavy (non-hydrogen) atoms. The summed E-state index contributed by atoms with van der Waals surface area (Å²) in [6, 6.07) is 10.6. The molecule has 6 heteroatoms. The fourth-order valence-electron chi connectivity index (χ4n) is 3.36. The predicted molar refractivity (Wildman–Crippen MR) is 97.6 cm³/mol. The topological polar surface area (TPSA) is 32.5 Å². The number of fused-ring (bicyclic) bond motifs is 1. The molecule has 0 saturated carbocycles. The second-order valence-electron chi connectivity index (χ2n) is 6.46. The van der Waals surface area contributed by atoms with Crippen molar-refractivity contribution in [3.05, 3.63) is 58.5 Å². The summed E-state index contributed by atoms with van der Waals surface area (Å²) in [5.41, 5.74) is 3.81. The number of rotatable bonds is 3. The maximum atomic E-state index is 13.3. The molecule has 1 saturated heterocycles. The van der Waals surface area contributed by atoms with E-state index in [0.29, 0.717) is 12.1 Å². The van der Waals surface area contributed by atoms with E-state index in [0.717, 1.165) is 42.3 Å². The Kier molecular flexibility index (Phi) is 4.36. The van der Waals surface area contributed by atoms with Crippen LogP contribution >= 0.6 is 11.6 Å². The number of nitrogens with zero attached hydrogens (tertiary/aromatic N) is 3. The Bertz CT molecular complexity index is 903. The highest BCUT2D eigenvalue weighted by Crippen LogP contribution is 2.26. The van der Waals surface area contributed by atoms with Crippen molar-refractivity contribution in [1.82, 2.24) is 10.1 Å². The molecule has 0 atom stereocenters. The van der Waals surface area contributed by atoms with Gasteiger partial charge in [-0.15, -0.1) is 0 Å². The molecule has 0 radical (unpaired) electrons. The average Bonchev–Trinajstić information content (AvgIpc) is 3.00. The van der Waals surface area contributed by atoms with Crippen LogP contribution in [0.3, 0.4) is 0 Å². The van der Waals surface area contributed by atoms with Crippen molar-refractivity contribution < 1.29 is 8.91 Å². The van der Waals surface area contributed by atoms with E-state index in [2.05, 4.69) is 27.9 Å². The number of halogens is 2. The average molecular weight is 360 g/mol. The second-order valence-corrected chi connectivity index (χ2v) is 6.90. The Labute approximate surface area is 150 Å². The fourth-order valence-corrected chi connectivity index (χ4v) is 3.53. The molecule has 1 aliphatic heterocycles. The number of hydrogen-bond acceptors (Lipinski definition) is 4. The third-order valence-corrected chi connectivity index (χ3v) is 5.00. The molecule has 0 spiro atoms. The summed E-state index contributed by atoms with van der Waals surface area (Å²) in [6.45, 7) is 6.56. The van der Waals surface area contributed by atoms with Gasteiger partial charge in [0.05, 0.1) is 0 Å². The Morgan fingerprint density at radius 1 is 1.12 bits per heavy atom. The van der Waals surface area contributed by atoms with E-state index in [4.69, 9.17) is 16.1 Å². The molecular weight excluding hydrogens is 341 g/mol. The minimum Gasteiger partial charge on any atom is -0.369 e. The molecule has 0 aliphatic carbocycles. The van der Waals surface area contributed by atoms with Gasteiger partial charge in [0.2, 0.25) is 0 Å². The van der Waals surface area contributed by atoms with Gasteiger partial charge in [-0.05, 0) is 36.8 Å². The van der Waals surface area contributed by atoms with E-state index in [1.807, 2.05) is 12.1 Å². The van der Waals surface area contributed by atoms with Crippen LogP contribution in [-0.4, -0.2) is 36.2 Å². The summed E-state index contributed by atoms with van der Waals surface area (Å²) in [6.07, 6.45) is 0. The van der Waals surface area contributed by atoms with Crippen molar-refractivity contribution in [2.24, 2.45) is 0 Å². The molecule has 2 heterocycles. The third-order valence-electron chi connectivity index (χ3n) is 4.77. The summed E-state index contributed by atoms with van der Waals surface area (Å²) >= 11 is 6.14. The van der Waals surface area contributed by atoms with E-state index in [1.165, 1.54) is 23.4 Å². The molecule has 4 rings (SSSR count). The van der Waals surface area contributed by atoms with E-state index in [1.54, 1.807) is 6.07 Å². The highest BCUT2D eigenvalue weighted by molar-refractivity contribution is 6.30. The number of aromatic nitrogens is 1. The lowest BCUT2D eigenvalue weighted by Crippen LogP contribution is -2.46. The molecule has 0 N–H and O–H groups in total. The van der Waals surface area contributed by atoms with Gasteiger partial charge in [-0.25, -0.2) is 4.39 Å². The molecule has 1 aliphatic rings. The van der Waals surface area contributed by atoms with Crippen LogP contribution in [0.25, 0.3) is 11.0 Å². The van der Waals surface area contributed by atoms with Crippen LogP contribution < -0.4 is 4.90 Å². The molecule has 0 amide bonds. The Balaban J connectivity index is 1.44. The number of aryl methyl sites for hydroxylation is 1. The summed E-state index contributed by atoms with van der Waals surface area (Å²) in [5.74, 6) is -0.305. The van der Waals surface area contributed by atoms with Gasteiger partial charge in [-0.1, -0.05) is 22.8 Å². The minimum atomic E-state index is -0.305. The lowest BCUT2D eigenvalue weighted by Gasteiger charge is -2.36. The maximum absolute atomic E-state index is 13.3. The van der Waals surface area contributed by atoms with Gasteiger partial charge in [0.25, 0.3) is 0 Å². The summed E-state index contributed by atoms with van der Waals surface area (Å²) in [4.78, 5) is 4.71. The van der Waals surface area contributed by atoms with Crippen LogP contribution in [0.1, 0.15) is 11.3 Å². The van der Waals surface area contributed by atoms with Crippen LogP contribution in [0, 0.1) is 12.7 Å². The quantitative estimate of drug-likeness (QED) is 0.699. The highest BCUT2D eigenvalue weighted by atomic mass is 35.5. The zero-order chi connectivity index (χ0) is 17.4. The minimum absolute atomic E-state index is 0.305. The highest BCUT2D eigenvalue weighted by Gasteiger charge is 2.20. The van der Waals surface area contributed by atoms with Crippen LogP contribution in [-0.2, 0) is 6.54 Å². The first-order valence-corrected chi connectivity index (χ1v) is 8.75. The smallest absolute Gasteiger partial charge is 0.170 e. The zero-order valence-corrected chi connectivity index (χ0v) is 14.8. The van der Waals surface area contributed by atoms with Gasteiger partial charge >= 0.3 is 0 Å². The van der Waals surface area contributed by atoms with Crippen LogP contribution in [0.15, 0.2) is 40.9 Å². The Morgan fingerprint density at radius 2 is 1.92 bits per heavy atom. The largest absolute Gasteiger partial charge is 0.369 e. The number of hydrogen-bond donors (Lipinski definition) is 0. The molecule has 2 aromatic carbocycles. The molecule has 1 fully saturated rings. The van der Waals surface area contributed by atoms with Crippen LogP contribution in [0.4, 0.5) is 10.1 Å². The molecule has 4 nitrogen and oxygen atoms in total. The molecular formula is C19H19ClFN3O. The van der Waals surface area contributed by atoms with Gasteiger partial charge < -0.3 is 9.42 Å². The van der Waals surface area contributed by atoms with E-state index in [-0.39, 0.29) is 5.82 Å². The number of piperazine rings is 1. The van der Waals surface area contributed by atoms with Gasteiger partial charge in [-0.3, -0.25) is 4.90 Å². The first kappa shape index (κ1) is 16.4. The molecule has 0 unspecified atom stereocenters. The van der Waals surface area contributed by atoms with Crippen molar-refractivity contribution >= 4 is 28.3 Å². The van der Waals surface area contributed by atoms with Crippen molar-refractivity contribution in [2.75, 3.05) is 31.1 Å².